The minimum Gasteiger partial charge on any atom is -0.378 e. The standard InChI is InChI=1S/C16H30O/c1-2-6-14-9-11-15(12-10-14)13-17-16-7-4-3-5-8-16/h14-16H,2-13H2,1H3/t14-,15-. The van der Waals surface area contributed by atoms with Crippen molar-refractivity contribution in [3.05, 3.63) is 0 Å². The highest BCUT2D eigenvalue weighted by atomic mass is 16.5. The van der Waals surface area contributed by atoms with Crippen LogP contribution in [0, 0.1) is 11.8 Å². The van der Waals surface area contributed by atoms with Crippen molar-refractivity contribution in [3.63, 3.8) is 0 Å². The van der Waals surface area contributed by atoms with E-state index in [1.807, 2.05) is 0 Å². The van der Waals surface area contributed by atoms with E-state index in [1.54, 1.807) is 0 Å². The molecule has 2 rings (SSSR count). The SMILES string of the molecule is CCC[C@H]1CC[C@H](COC2CCCCC2)CC1. The molecule has 0 unspecified atom stereocenters. The quantitative estimate of drug-likeness (QED) is 0.659. The fourth-order valence-corrected chi connectivity index (χ4v) is 3.60. The molecule has 0 aliphatic heterocycles. The van der Waals surface area contributed by atoms with Crippen LogP contribution in [0.25, 0.3) is 0 Å². The molecule has 0 aromatic rings. The van der Waals surface area contributed by atoms with Gasteiger partial charge >= 0.3 is 0 Å². The van der Waals surface area contributed by atoms with Crippen LogP contribution in [-0.2, 0) is 4.74 Å². The van der Waals surface area contributed by atoms with Crippen molar-refractivity contribution in [1.29, 1.82) is 0 Å². The molecule has 1 heteroatoms. The van der Waals surface area contributed by atoms with Crippen LogP contribution in [0.5, 0.6) is 0 Å². The third kappa shape index (κ3) is 4.62. The Balaban J connectivity index is 1.57. The van der Waals surface area contributed by atoms with Gasteiger partial charge in [0.2, 0.25) is 0 Å². The molecular weight excluding hydrogens is 208 g/mol. The highest BCUT2D eigenvalue weighted by Crippen LogP contribution is 2.32. The molecule has 2 aliphatic carbocycles. The predicted octanol–water partition coefficient (Wildman–Crippen LogP) is 4.94. The summed E-state index contributed by atoms with van der Waals surface area (Å²) in [5, 5.41) is 0. The largest absolute Gasteiger partial charge is 0.378 e. The molecule has 0 N–H and O–H groups in total. The monoisotopic (exact) mass is 238 g/mol. The lowest BCUT2D eigenvalue weighted by atomic mass is 9.80. The summed E-state index contributed by atoms with van der Waals surface area (Å²) in [5.74, 6) is 1.91. The Morgan fingerprint density at radius 2 is 1.47 bits per heavy atom. The maximum Gasteiger partial charge on any atom is 0.0575 e. The molecule has 0 aromatic heterocycles. The molecule has 0 radical (unpaired) electrons. The summed E-state index contributed by atoms with van der Waals surface area (Å²) in [6.07, 6.45) is 16.1. The van der Waals surface area contributed by atoms with Gasteiger partial charge in [0.05, 0.1) is 6.10 Å². The van der Waals surface area contributed by atoms with Crippen LogP contribution in [0.1, 0.15) is 77.6 Å². The van der Waals surface area contributed by atoms with E-state index in [1.165, 1.54) is 70.6 Å². The van der Waals surface area contributed by atoms with E-state index < -0.39 is 0 Å². The average Bonchev–Trinajstić information content (AvgIpc) is 2.40. The zero-order valence-corrected chi connectivity index (χ0v) is 11.6. The number of hydrogen-bond acceptors (Lipinski definition) is 1. The van der Waals surface area contributed by atoms with E-state index in [2.05, 4.69) is 6.92 Å². The average molecular weight is 238 g/mol. The first-order valence-electron chi connectivity index (χ1n) is 8.00. The van der Waals surface area contributed by atoms with E-state index in [-0.39, 0.29) is 0 Å². The van der Waals surface area contributed by atoms with Crippen molar-refractivity contribution in [1.82, 2.24) is 0 Å². The van der Waals surface area contributed by atoms with Gasteiger partial charge in [-0.05, 0) is 37.5 Å². The molecule has 0 bridgehead atoms. The van der Waals surface area contributed by atoms with Crippen LogP contribution < -0.4 is 0 Å². The lowest BCUT2D eigenvalue weighted by molar-refractivity contribution is -0.00201. The first-order valence-corrected chi connectivity index (χ1v) is 8.00. The van der Waals surface area contributed by atoms with Crippen molar-refractivity contribution < 1.29 is 4.74 Å². The molecule has 0 aromatic carbocycles. The van der Waals surface area contributed by atoms with E-state index in [9.17, 15) is 0 Å². The lowest BCUT2D eigenvalue weighted by Gasteiger charge is -2.30. The Bertz CT molecular complexity index is 188. The molecule has 0 amide bonds. The number of rotatable bonds is 5. The summed E-state index contributed by atoms with van der Waals surface area (Å²) < 4.78 is 6.12. The summed E-state index contributed by atoms with van der Waals surface area (Å²) in [5.41, 5.74) is 0. The van der Waals surface area contributed by atoms with Gasteiger partial charge in [-0.2, -0.15) is 0 Å². The van der Waals surface area contributed by atoms with Gasteiger partial charge in [0.15, 0.2) is 0 Å². The van der Waals surface area contributed by atoms with Gasteiger partial charge in [-0.3, -0.25) is 0 Å². The van der Waals surface area contributed by atoms with E-state index in [0.29, 0.717) is 6.10 Å². The smallest absolute Gasteiger partial charge is 0.0575 e. The molecular formula is C16H30O. The van der Waals surface area contributed by atoms with Crippen molar-refractivity contribution in [3.8, 4) is 0 Å². The van der Waals surface area contributed by atoms with E-state index >= 15 is 0 Å². The minimum absolute atomic E-state index is 0.608. The van der Waals surface area contributed by atoms with Gasteiger partial charge in [-0.1, -0.05) is 51.9 Å². The molecule has 0 saturated heterocycles. The maximum absolute atomic E-state index is 6.12. The van der Waals surface area contributed by atoms with E-state index in [4.69, 9.17) is 4.74 Å². The zero-order chi connectivity index (χ0) is 11.9. The fraction of sp³-hybridized carbons (Fsp3) is 1.00. The maximum atomic E-state index is 6.12. The third-order valence-corrected chi connectivity index (χ3v) is 4.78. The second-order valence-electron chi connectivity index (χ2n) is 6.27. The first kappa shape index (κ1) is 13.4. The number of ether oxygens (including phenoxy) is 1. The van der Waals surface area contributed by atoms with Crippen molar-refractivity contribution >= 4 is 0 Å². The second-order valence-corrected chi connectivity index (χ2v) is 6.27. The van der Waals surface area contributed by atoms with Crippen molar-refractivity contribution in [2.45, 2.75) is 83.7 Å². The minimum atomic E-state index is 0.608. The van der Waals surface area contributed by atoms with Gasteiger partial charge in [-0.15, -0.1) is 0 Å². The molecule has 100 valence electrons. The highest BCUT2D eigenvalue weighted by molar-refractivity contribution is 4.73. The molecule has 0 spiro atoms. The van der Waals surface area contributed by atoms with Crippen LogP contribution in [0.4, 0.5) is 0 Å². The topological polar surface area (TPSA) is 9.23 Å². The summed E-state index contributed by atoms with van der Waals surface area (Å²) >= 11 is 0. The van der Waals surface area contributed by atoms with Crippen molar-refractivity contribution in [2.24, 2.45) is 11.8 Å². The molecule has 1 nitrogen and oxygen atoms in total. The fourth-order valence-electron chi connectivity index (χ4n) is 3.60. The van der Waals surface area contributed by atoms with Gasteiger partial charge in [0.1, 0.15) is 0 Å². The second kappa shape index (κ2) is 7.41. The van der Waals surface area contributed by atoms with Crippen LogP contribution in [0.3, 0.4) is 0 Å². The Morgan fingerprint density at radius 3 is 2.12 bits per heavy atom. The van der Waals surface area contributed by atoms with Gasteiger partial charge in [0.25, 0.3) is 0 Å². The summed E-state index contributed by atoms with van der Waals surface area (Å²) in [7, 11) is 0. The Morgan fingerprint density at radius 1 is 0.824 bits per heavy atom. The van der Waals surface area contributed by atoms with Crippen LogP contribution in [0.2, 0.25) is 0 Å². The zero-order valence-electron chi connectivity index (χ0n) is 11.6. The number of hydrogen-bond donors (Lipinski definition) is 0. The van der Waals surface area contributed by atoms with E-state index in [0.717, 1.165) is 18.4 Å². The molecule has 2 fully saturated rings. The van der Waals surface area contributed by atoms with Crippen LogP contribution in [0.15, 0.2) is 0 Å². The third-order valence-electron chi connectivity index (χ3n) is 4.78. The summed E-state index contributed by atoms with van der Waals surface area (Å²) in [4.78, 5) is 0. The molecule has 2 saturated carbocycles. The molecule has 17 heavy (non-hydrogen) atoms. The van der Waals surface area contributed by atoms with Crippen molar-refractivity contribution in [2.75, 3.05) is 6.61 Å². The molecule has 0 atom stereocenters. The van der Waals surface area contributed by atoms with Gasteiger partial charge < -0.3 is 4.74 Å². The summed E-state index contributed by atoms with van der Waals surface area (Å²) in [6, 6.07) is 0. The highest BCUT2D eigenvalue weighted by Gasteiger charge is 2.22. The first-order chi connectivity index (χ1) is 8.38. The van der Waals surface area contributed by atoms with Gasteiger partial charge in [0, 0.05) is 6.61 Å². The predicted molar refractivity (Wildman–Crippen MR) is 73.2 cm³/mol. The normalized spacial score (nSPS) is 31.6. The molecule has 0 heterocycles. The Hall–Kier alpha value is -0.0400. The van der Waals surface area contributed by atoms with Gasteiger partial charge in [-0.25, -0.2) is 0 Å². The Labute approximate surface area is 107 Å². The van der Waals surface area contributed by atoms with Crippen LogP contribution >= 0.6 is 0 Å². The molecule has 2 aliphatic rings. The summed E-state index contributed by atoms with van der Waals surface area (Å²) in [6.45, 7) is 3.38. The Kier molecular flexibility index (Phi) is 5.84. The lowest BCUT2D eigenvalue weighted by Crippen LogP contribution is -2.23. The van der Waals surface area contributed by atoms with Crippen LogP contribution in [-0.4, -0.2) is 12.7 Å².